The Hall–Kier alpha value is -0.510. The van der Waals surface area contributed by atoms with Crippen LogP contribution in [0.25, 0.3) is 0 Å². The van der Waals surface area contributed by atoms with Gasteiger partial charge in [0.15, 0.2) is 0 Å². The maximum atomic E-state index is 13.3. The van der Waals surface area contributed by atoms with Crippen LogP contribution in [0.4, 0.5) is 8.78 Å². The number of carbonyl (C=O) groups excluding carboxylic acids is 1. The van der Waals surface area contributed by atoms with Gasteiger partial charge in [-0.15, -0.1) is 0 Å². The summed E-state index contributed by atoms with van der Waals surface area (Å²) in [7, 11) is 0. The molecule has 8 atom stereocenters. The van der Waals surface area contributed by atoms with Crippen LogP contribution < -0.4 is 0 Å². The molecule has 0 aromatic heterocycles. The summed E-state index contributed by atoms with van der Waals surface area (Å²) in [5.74, 6) is 3.30. The number of aliphatic hydroxyl groups is 1. The largest absolute Gasteiger partial charge is 0.384 e. The molecule has 142 valence electrons. The van der Waals surface area contributed by atoms with Crippen molar-refractivity contribution in [3.8, 4) is 0 Å². The van der Waals surface area contributed by atoms with Crippen LogP contribution in [0.5, 0.6) is 0 Å². The zero-order chi connectivity index (χ0) is 18.0. The number of ketones is 1. The number of Topliss-reactive ketones (excluding diaryl/α,β-unsaturated/α-hetero) is 1. The fourth-order valence-electron chi connectivity index (χ4n) is 7.78. The third-order valence-electron chi connectivity index (χ3n) is 8.94. The standard InChI is InChI=1S/C21H32F2O2/c1-12(24)17-5-6-18-16-4-3-13-11-21(25,19(22)23)10-8-14(13)15(16)7-9-20(17,18)2/h13-19,25H,3-11H2,1-2H3/t13-,14+,15-,16-,17?,18?,20-,21-/m1/s1. The van der Waals surface area contributed by atoms with Gasteiger partial charge >= 0.3 is 0 Å². The van der Waals surface area contributed by atoms with Crippen molar-refractivity contribution in [1.29, 1.82) is 0 Å². The van der Waals surface area contributed by atoms with E-state index < -0.39 is 12.0 Å². The van der Waals surface area contributed by atoms with E-state index in [1.807, 2.05) is 0 Å². The van der Waals surface area contributed by atoms with Gasteiger partial charge in [0.05, 0.1) is 0 Å². The number of carbonyl (C=O) groups is 1. The summed E-state index contributed by atoms with van der Waals surface area (Å²) < 4.78 is 26.5. The Kier molecular flexibility index (Phi) is 4.29. The second-order valence-corrected chi connectivity index (χ2v) is 9.87. The summed E-state index contributed by atoms with van der Waals surface area (Å²) in [6.07, 6.45) is 5.25. The second-order valence-electron chi connectivity index (χ2n) is 9.87. The maximum Gasteiger partial charge on any atom is 0.266 e. The molecule has 4 aliphatic rings. The van der Waals surface area contributed by atoms with Gasteiger partial charge < -0.3 is 5.11 Å². The summed E-state index contributed by atoms with van der Waals surface area (Å²) in [6, 6.07) is 0. The lowest BCUT2D eigenvalue weighted by atomic mass is 9.49. The van der Waals surface area contributed by atoms with Crippen LogP contribution in [0.15, 0.2) is 0 Å². The number of halogens is 2. The minimum absolute atomic E-state index is 0.165. The molecule has 0 spiro atoms. The molecule has 0 amide bonds. The molecule has 0 bridgehead atoms. The van der Waals surface area contributed by atoms with Gasteiger partial charge in [-0.3, -0.25) is 4.79 Å². The van der Waals surface area contributed by atoms with Crippen molar-refractivity contribution in [2.75, 3.05) is 0 Å². The molecule has 0 aliphatic heterocycles. The third-order valence-corrected chi connectivity index (χ3v) is 8.94. The predicted octanol–water partition coefficient (Wildman–Crippen LogP) is 4.84. The molecule has 2 unspecified atom stereocenters. The number of hydrogen-bond acceptors (Lipinski definition) is 2. The topological polar surface area (TPSA) is 37.3 Å². The van der Waals surface area contributed by atoms with Crippen molar-refractivity contribution < 1.29 is 18.7 Å². The van der Waals surface area contributed by atoms with Gasteiger partial charge in [-0.25, -0.2) is 8.78 Å². The number of rotatable bonds is 2. The average Bonchev–Trinajstić information content (AvgIpc) is 2.91. The first-order chi connectivity index (χ1) is 11.8. The van der Waals surface area contributed by atoms with Gasteiger partial charge in [-0.2, -0.15) is 0 Å². The van der Waals surface area contributed by atoms with Crippen molar-refractivity contribution in [2.45, 2.75) is 83.7 Å². The quantitative estimate of drug-likeness (QED) is 0.770. The lowest BCUT2D eigenvalue weighted by Crippen LogP contribution is -2.52. The second kappa shape index (κ2) is 6.00. The summed E-state index contributed by atoms with van der Waals surface area (Å²) in [4.78, 5) is 12.1. The molecule has 0 radical (unpaired) electrons. The molecule has 4 fully saturated rings. The van der Waals surface area contributed by atoms with Gasteiger partial charge in [0.25, 0.3) is 6.43 Å². The minimum Gasteiger partial charge on any atom is -0.384 e. The molecule has 0 aromatic rings. The Morgan fingerprint density at radius 1 is 1.00 bits per heavy atom. The van der Waals surface area contributed by atoms with Crippen molar-refractivity contribution in [2.24, 2.45) is 40.9 Å². The van der Waals surface area contributed by atoms with Crippen LogP contribution in [0.1, 0.15) is 71.6 Å². The minimum atomic E-state index is -2.62. The highest BCUT2D eigenvalue weighted by Crippen LogP contribution is 2.64. The highest BCUT2D eigenvalue weighted by Gasteiger charge is 2.59. The summed E-state index contributed by atoms with van der Waals surface area (Å²) in [5, 5.41) is 10.3. The van der Waals surface area contributed by atoms with Crippen molar-refractivity contribution >= 4 is 5.78 Å². The van der Waals surface area contributed by atoms with Crippen LogP contribution in [0.2, 0.25) is 0 Å². The van der Waals surface area contributed by atoms with E-state index in [-0.39, 0.29) is 30.1 Å². The molecule has 4 aliphatic carbocycles. The van der Waals surface area contributed by atoms with E-state index in [4.69, 9.17) is 0 Å². The number of fused-ring (bicyclic) bond motifs is 5. The maximum absolute atomic E-state index is 13.3. The summed E-state index contributed by atoms with van der Waals surface area (Å²) in [6.45, 7) is 4.10. The SMILES string of the molecule is CC(=O)C1CCC2[C@@H]3CC[C@@H]4C[C@@](O)(C(F)F)CC[C@@H]4[C@H]3CC[C@]12C. The first kappa shape index (κ1) is 17.9. The molecule has 1 N–H and O–H groups in total. The van der Waals surface area contributed by atoms with E-state index in [0.29, 0.717) is 29.5 Å². The van der Waals surface area contributed by atoms with E-state index in [1.165, 1.54) is 6.42 Å². The Bertz CT molecular complexity index is 550. The Balaban J connectivity index is 1.53. The van der Waals surface area contributed by atoms with Crippen LogP contribution in [-0.4, -0.2) is 22.9 Å². The smallest absolute Gasteiger partial charge is 0.266 e. The fraction of sp³-hybridized carbons (Fsp3) is 0.952. The molecule has 4 saturated carbocycles. The zero-order valence-corrected chi connectivity index (χ0v) is 15.5. The highest BCUT2D eigenvalue weighted by molar-refractivity contribution is 5.79. The third kappa shape index (κ3) is 2.61. The molecule has 4 rings (SSSR count). The van der Waals surface area contributed by atoms with Crippen molar-refractivity contribution in [3.05, 3.63) is 0 Å². The molecule has 2 nitrogen and oxygen atoms in total. The van der Waals surface area contributed by atoms with E-state index in [2.05, 4.69) is 6.92 Å². The molecule has 25 heavy (non-hydrogen) atoms. The summed E-state index contributed by atoms with van der Waals surface area (Å²) >= 11 is 0. The van der Waals surface area contributed by atoms with Crippen LogP contribution in [0, 0.1) is 40.9 Å². The van der Waals surface area contributed by atoms with Gasteiger partial charge in [0, 0.05) is 5.92 Å². The molecule has 4 heteroatoms. The van der Waals surface area contributed by atoms with Crippen LogP contribution >= 0.6 is 0 Å². The monoisotopic (exact) mass is 354 g/mol. The number of hydrogen-bond donors (Lipinski definition) is 1. The van der Waals surface area contributed by atoms with Crippen molar-refractivity contribution in [1.82, 2.24) is 0 Å². The van der Waals surface area contributed by atoms with Crippen molar-refractivity contribution in [3.63, 3.8) is 0 Å². The highest BCUT2D eigenvalue weighted by atomic mass is 19.3. The molecular formula is C21H32F2O2. The van der Waals surface area contributed by atoms with Crippen LogP contribution in [0.3, 0.4) is 0 Å². The fourth-order valence-corrected chi connectivity index (χ4v) is 7.78. The van der Waals surface area contributed by atoms with E-state index >= 15 is 0 Å². The molecule has 0 saturated heterocycles. The molecular weight excluding hydrogens is 322 g/mol. The average molecular weight is 354 g/mol. The van der Waals surface area contributed by atoms with E-state index in [0.717, 1.165) is 38.5 Å². The molecule has 0 aromatic carbocycles. The molecule has 0 heterocycles. The van der Waals surface area contributed by atoms with E-state index in [1.54, 1.807) is 6.92 Å². The first-order valence-electron chi connectivity index (χ1n) is 10.3. The zero-order valence-electron chi connectivity index (χ0n) is 15.5. The van der Waals surface area contributed by atoms with Gasteiger partial charge in [-0.1, -0.05) is 6.92 Å². The lowest BCUT2D eigenvalue weighted by Gasteiger charge is -2.57. The lowest BCUT2D eigenvalue weighted by molar-refractivity contribution is -0.160. The Morgan fingerprint density at radius 3 is 2.40 bits per heavy atom. The van der Waals surface area contributed by atoms with Crippen LogP contribution in [-0.2, 0) is 4.79 Å². The Morgan fingerprint density at radius 2 is 1.72 bits per heavy atom. The first-order valence-corrected chi connectivity index (χ1v) is 10.3. The number of alkyl halides is 2. The summed E-state index contributed by atoms with van der Waals surface area (Å²) in [5.41, 5.74) is -1.58. The van der Waals surface area contributed by atoms with E-state index in [9.17, 15) is 18.7 Å². The Labute approximate surface area is 149 Å². The van der Waals surface area contributed by atoms with Gasteiger partial charge in [0.2, 0.25) is 0 Å². The normalized spacial score (nSPS) is 52.4. The predicted molar refractivity (Wildman–Crippen MR) is 92.2 cm³/mol. The van der Waals surface area contributed by atoms with Gasteiger partial charge in [0.1, 0.15) is 11.4 Å². The van der Waals surface area contributed by atoms with Gasteiger partial charge in [-0.05, 0) is 99.7 Å².